The fourth-order valence-electron chi connectivity index (χ4n) is 1.66. The Morgan fingerprint density at radius 1 is 1.52 bits per heavy atom. The van der Waals surface area contributed by atoms with Crippen LogP contribution in [-0.4, -0.2) is 29.4 Å². The molecule has 0 aliphatic carbocycles. The van der Waals surface area contributed by atoms with Crippen LogP contribution < -0.4 is 5.32 Å². The number of nitro benzene ring substituents is 1. The van der Waals surface area contributed by atoms with Crippen LogP contribution in [0.1, 0.15) is 22.8 Å². The fraction of sp³-hybridized carbons (Fsp3) is 0.286. The number of carbonyl (C=O) groups excluding carboxylic acids is 2. The lowest BCUT2D eigenvalue weighted by molar-refractivity contribution is -0.385. The third-order valence-corrected chi connectivity index (χ3v) is 2.73. The van der Waals surface area contributed by atoms with Crippen LogP contribution in [0.5, 0.6) is 0 Å². The zero-order valence-corrected chi connectivity index (χ0v) is 11.8. The van der Waals surface area contributed by atoms with Gasteiger partial charge in [0.2, 0.25) is 0 Å². The van der Waals surface area contributed by atoms with Gasteiger partial charge in [-0.3, -0.25) is 14.9 Å². The van der Waals surface area contributed by atoms with Crippen molar-refractivity contribution in [1.29, 1.82) is 0 Å². The van der Waals surface area contributed by atoms with E-state index in [1.807, 2.05) is 0 Å². The smallest absolute Gasteiger partial charge is 0.346 e. The van der Waals surface area contributed by atoms with Gasteiger partial charge >= 0.3 is 5.97 Å². The number of nitro groups is 1. The molecule has 1 amide bonds. The molecule has 7 nitrogen and oxygen atoms in total. The number of hydrogen-bond donors (Lipinski definition) is 1. The predicted molar refractivity (Wildman–Crippen MR) is 75.9 cm³/mol. The molecule has 0 unspecified atom stereocenters. The molecule has 0 heterocycles. The number of aryl methyl sites for hydroxylation is 1. The Bertz CT molecular complexity index is 583. The first-order chi connectivity index (χ1) is 9.88. The molecule has 0 fully saturated rings. The molecule has 0 aliphatic heterocycles. The quantitative estimate of drug-likeness (QED) is 0.373. The summed E-state index contributed by atoms with van der Waals surface area (Å²) in [7, 11) is 0. The number of esters is 1. The van der Waals surface area contributed by atoms with Crippen molar-refractivity contribution in [3.05, 3.63) is 52.1 Å². The second-order valence-electron chi connectivity index (χ2n) is 4.31. The van der Waals surface area contributed by atoms with Crippen LogP contribution in [0.3, 0.4) is 0 Å². The maximum Gasteiger partial charge on any atom is 0.346 e. The van der Waals surface area contributed by atoms with Crippen molar-refractivity contribution in [3.8, 4) is 0 Å². The number of nitrogens with one attached hydrogen (secondary N) is 1. The van der Waals surface area contributed by atoms with E-state index in [0.29, 0.717) is 5.56 Å². The second kappa shape index (κ2) is 7.18. The van der Waals surface area contributed by atoms with E-state index in [0.717, 1.165) is 0 Å². The van der Waals surface area contributed by atoms with E-state index < -0.39 is 22.9 Å². The Hall–Kier alpha value is -2.70. The lowest BCUT2D eigenvalue weighted by Crippen LogP contribution is -2.36. The van der Waals surface area contributed by atoms with Gasteiger partial charge in [-0.05, 0) is 19.4 Å². The molecule has 1 aromatic rings. The molecule has 0 spiro atoms. The first-order valence-corrected chi connectivity index (χ1v) is 6.22. The van der Waals surface area contributed by atoms with Gasteiger partial charge in [-0.25, -0.2) is 4.79 Å². The second-order valence-corrected chi connectivity index (χ2v) is 4.31. The summed E-state index contributed by atoms with van der Waals surface area (Å²) in [4.78, 5) is 33.9. The van der Waals surface area contributed by atoms with Gasteiger partial charge in [0.25, 0.3) is 11.6 Å². The van der Waals surface area contributed by atoms with Crippen molar-refractivity contribution < 1.29 is 19.2 Å². The number of benzene rings is 1. The van der Waals surface area contributed by atoms with Gasteiger partial charge in [0, 0.05) is 12.6 Å². The number of hydrogen-bond acceptors (Lipinski definition) is 5. The summed E-state index contributed by atoms with van der Waals surface area (Å²) in [5, 5.41) is 13.4. The first kappa shape index (κ1) is 16.4. The van der Waals surface area contributed by atoms with E-state index in [1.165, 1.54) is 25.1 Å². The zero-order chi connectivity index (χ0) is 16.0. The molecule has 0 aromatic heterocycles. The summed E-state index contributed by atoms with van der Waals surface area (Å²) >= 11 is 0. The van der Waals surface area contributed by atoms with E-state index in [9.17, 15) is 19.7 Å². The average molecular weight is 292 g/mol. The standard InChI is InChI=1S/C14H16N2O5/c1-4-8-15-13(17)10(3)21-14(18)12-9(2)6-5-7-11(12)16(19)20/h4-7,10H,1,8H2,2-3H3,(H,15,17)/t10-/m1/s1. The Morgan fingerprint density at radius 2 is 2.19 bits per heavy atom. The lowest BCUT2D eigenvalue weighted by Gasteiger charge is -2.13. The fourth-order valence-corrected chi connectivity index (χ4v) is 1.66. The van der Waals surface area contributed by atoms with Crippen LogP contribution in [0.15, 0.2) is 30.9 Å². The van der Waals surface area contributed by atoms with Crippen LogP contribution in [0.2, 0.25) is 0 Å². The van der Waals surface area contributed by atoms with E-state index >= 15 is 0 Å². The minimum Gasteiger partial charge on any atom is -0.449 e. The largest absolute Gasteiger partial charge is 0.449 e. The normalized spacial score (nSPS) is 11.3. The van der Waals surface area contributed by atoms with Gasteiger partial charge in [-0.1, -0.05) is 18.2 Å². The summed E-state index contributed by atoms with van der Waals surface area (Å²) in [6.45, 7) is 6.64. The van der Waals surface area contributed by atoms with Crippen molar-refractivity contribution in [2.75, 3.05) is 6.54 Å². The molecule has 21 heavy (non-hydrogen) atoms. The predicted octanol–water partition coefficient (Wildman–Crippen LogP) is 1.75. The maximum absolute atomic E-state index is 12.1. The summed E-state index contributed by atoms with van der Waals surface area (Å²) in [5.41, 5.74) is -0.0857. The highest BCUT2D eigenvalue weighted by Crippen LogP contribution is 2.23. The number of nitrogens with zero attached hydrogens (tertiary/aromatic N) is 1. The average Bonchev–Trinajstić information content (AvgIpc) is 2.43. The molecule has 0 bridgehead atoms. The van der Waals surface area contributed by atoms with Gasteiger partial charge in [-0.2, -0.15) is 0 Å². The summed E-state index contributed by atoms with van der Waals surface area (Å²) in [5.74, 6) is -1.40. The van der Waals surface area contributed by atoms with Crippen molar-refractivity contribution in [3.63, 3.8) is 0 Å². The SMILES string of the molecule is C=CCNC(=O)[C@@H](C)OC(=O)c1c(C)cccc1[N+](=O)[O-]. The Morgan fingerprint density at radius 3 is 2.76 bits per heavy atom. The molecule has 0 saturated heterocycles. The molecule has 112 valence electrons. The minimum atomic E-state index is -1.06. The zero-order valence-electron chi connectivity index (χ0n) is 11.8. The lowest BCUT2D eigenvalue weighted by atomic mass is 10.1. The number of ether oxygens (including phenoxy) is 1. The summed E-state index contributed by atoms with van der Waals surface area (Å²) in [6.07, 6.45) is 0.426. The molecule has 1 rings (SSSR count). The van der Waals surface area contributed by atoms with Crippen LogP contribution in [0, 0.1) is 17.0 Å². The van der Waals surface area contributed by atoms with Crippen LogP contribution in [0.25, 0.3) is 0 Å². The van der Waals surface area contributed by atoms with Crippen molar-refractivity contribution in [2.24, 2.45) is 0 Å². The van der Waals surface area contributed by atoms with Crippen molar-refractivity contribution >= 4 is 17.6 Å². The van der Waals surface area contributed by atoms with Crippen molar-refractivity contribution in [1.82, 2.24) is 5.32 Å². The highest BCUT2D eigenvalue weighted by Gasteiger charge is 2.26. The van der Waals surface area contributed by atoms with Gasteiger partial charge in [0.15, 0.2) is 6.10 Å². The van der Waals surface area contributed by atoms with Gasteiger partial charge in [-0.15, -0.1) is 6.58 Å². The monoisotopic (exact) mass is 292 g/mol. The molecule has 1 N–H and O–H groups in total. The summed E-state index contributed by atoms with van der Waals surface area (Å²) in [6, 6.07) is 4.25. The van der Waals surface area contributed by atoms with Crippen LogP contribution in [-0.2, 0) is 9.53 Å². The number of amides is 1. The van der Waals surface area contributed by atoms with Crippen molar-refractivity contribution in [2.45, 2.75) is 20.0 Å². The molecule has 1 atom stereocenters. The Kier molecular flexibility index (Phi) is 5.59. The summed E-state index contributed by atoms with van der Waals surface area (Å²) < 4.78 is 4.98. The highest BCUT2D eigenvalue weighted by atomic mass is 16.6. The molecule has 0 radical (unpaired) electrons. The Balaban J connectivity index is 2.92. The van der Waals surface area contributed by atoms with Gasteiger partial charge in [0.05, 0.1) is 4.92 Å². The molecule has 7 heteroatoms. The van der Waals surface area contributed by atoms with Crippen LogP contribution >= 0.6 is 0 Å². The highest BCUT2D eigenvalue weighted by molar-refractivity contribution is 5.97. The molecule has 0 aliphatic rings. The third kappa shape index (κ3) is 4.13. The minimum absolute atomic E-state index is 0.147. The van der Waals surface area contributed by atoms with Gasteiger partial charge in [0.1, 0.15) is 5.56 Å². The van der Waals surface area contributed by atoms with Gasteiger partial charge < -0.3 is 10.1 Å². The van der Waals surface area contributed by atoms with E-state index in [-0.39, 0.29) is 17.8 Å². The molecular weight excluding hydrogens is 276 g/mol. The van der Waals surface area contributed by atoms with E-state index in [1.54, 1.807) is 13.0 Å². The number of rotatable bonds is 6. The Labute approximate surface area is 121 Å². The first-order valence-electron chi connectivity index (χ1n) is 6.22. The topological polar surface area (TPSA) is 98.5 Å². The number of carbonyl (C=O) groups is 2. The molecule has 1 aromatic carbocycles. The maximum atomic E-state index is 12.1. The van der Waals surface area contributed by atoms with Crippen LogP contribution in [0.4, 0.5) is 5.69 Å². The third-order valence-electron chi connectivity index (χ3n) is 2.73. The van der Waals surface area contributed by atoms with E-state index in [2.05, 4.69) is 11.9 Å². The molecule has 0 saturated carbocycles. The van der Waals surface area contributed by atoms with E-state index in [4.69, 9.17) is 4.74 Å². The molecular formula is C14H16N2O5.